The zero-order valence-corrected chi connectivity index (χ0v) is 14.6. The number of hydrogen-bond donors (Lipinski definition) is 2. The summed E-state index contributed by atoms with van der Waals surface area (Å²) in [5.74, 6) is 0.514. The first kappa shape index (κ1) is 18.2. The SMILES string of the molecule is CC(C)OCCCNc1ccc(C(=O)Nc2cccc(Cl)c2)cn1. The monoisotopic (exact) mass is 347 g/mol. The van der Waals surface area contributed by atoms with Crippen LogP contribution in [0.3, 0.4) is 0 Å². The Balaban J connectivity index is 1.81. The fraction of sp³-hybridized carbons (Fsp3) is 0.333. The summed E-state index contributed by atoms with van der Waals surface area (Å²) in [4.78, 5) is 16.4. The van der Waals surface area contributed by atoms with Gasteiger partial charge in [-0.05, 0) is 50.6 Å². The second-order valence-corrected chi connectivity index (χ2v) is 6.03. The van der Waals surface area contributed by atoms with Crippen molar-refractivity contribution in [2.75, 3.05) is 23.8 Å². The third-order valence-corrected chi connectivity index (χ3v) is 3.42. The van der Waals surface area contributed by atoms with E-state index in [2.05, 4.69) is 15.6 Å². The number of halogens is 1. The van der Waals surface area contributed by atoms with Gasteiger partial charge in [0.2, 0.25) is 0 Å². The van der Waals surface area contributed by atoms with Crippen LogP contribution in [0.15, 0.2) is 42.6 Å². The Bertz CT molecular complexity index is 660. The molecule has 5 nitrogen and oxygen atoms in total. The molecule has 1 heterocycles. The van der Waals surface area contributed by atoms with E-state index in [-0.39, 0.29) is 12.0 Å². The molecule has 0 fully saturated rings. The predicted molar refractivity (Wildman–Crippen MR) is 97.8 cm³/mol. The fourth-order valence-corrected chi connectivity index (χ4v) is 2.20. The van der Waals surface area contributed by atoms with Crippen molar-refractivity contribution in [2.24, 2.45) is 0 Å². The lowest BCUT2D eigenvalue weighted by Crippen LogP contribution is -2.13. The highest BCUT2D eigenvalue weighted by atomic mass is 35.5. The standard InChI is InChI=1S/C18H22ClN3O2/c1-13(2)24-10-4-9-20-17-8-7-14(12-21-17)18(23)22-16-6-3-5-15(19)11-16/h3,5-8,11-13H,4,9-10H2,1-2H3,(H,20,21)(H,22,23). The summed E-state index contributed by atoms with van der Waals surface area (Å²) in [5, 5.41) is 6.57. The van der Waals surface area contributed by atoms with Gasteiger partial charge in [-0.1, -0.05) is 17.7 Å². The van der Waals surface area contributed by atoms with Crippen LogP contribution in [-0.4, -0.2) is 30.1 Å². The lowest BCUT2D eigenvalue weighted by Gasteiger charge is -2.09. The van der Waals surface area contributed by atoms with E-state index in [0.29, 0.717) is 22.9 Å². The molecular weight excluding hydrogens is 326 g/mol. The van der Waals surface area contributed by atoms with Crippen molar-refractivity contribution in [3.8, 4) is 0 Å². The molecule has 0 aliphatic heterocycles. The second kappa shape index (κ2) is 9.25. The Hall–Kier alpha value is -2.11. The summed E-state index contributed by atoms with van der Waals surface area (Å²) >= 11 is 5.90. The molecule has 0 radical (unpaired) electrons. The van der Waals surface area contributed by atoms with Crippen molar-refractivity contribution in [1.29, 1.82) is 0 Å². The number of hydrogen-bond acceptors (Lipinski definition) is 4. The Morgan fingerprint density at radius 3 is 2.79 bits per heavy atom. The highest BCUT2D eigenvalue weighted by Crippen LogP contribution is 2.16. The maximum absolute atomic E-state index is 12.2. The number of anilines is 2. The van der Waals surface area contributed by atoms with E-state index in [4.69, 9.17) is 16.3 Å². The quantitative estimate of drug-likeness (QED) is 0.702. The van der Waals surface area contributed by atoms with Crippen LogP contribution < -0.4 is 10.6 Å². The van der Waals surface area contributed by atoms with Crippen molar-refractivity contribution < 1.29 is 9.53 Å². The minimum absolute atomic E-state index is 0.221. The number of benzene rings is 1. The molecule has 0 saturated heterocycles. The molecule has 0 aliphatic carbocycles. The predicted octanol–water partition coefficient (Wildman–Crippen LogP) is 4.21. The summed E-state index contributed by atoms with van der Waals surface area (Å²) in [6.45, 7) is 5.52. The van der Waals surface area contributed by atoms with Gasteiger partial charge in [0.05, 0.1) is 11.7 Å². The Morgan fingerprint density at radius 1 is 1.29 bits per heavy atom. The summed E-state index contributed by atoms with van der Waals surface area (Å²) in [5.41, 5.74) is 1.14. The summed E-state index contributed by atoms with van der Waals surface area (Å²) in [6.07, 6.45) is 2.70. The van der Waals surface area contributed by atoms with E-state index in [0.717, 1.165) is 18.8 Å². The van der Waals surface area contributed by atoms with Gasteiger partial charge in [0.25, 0.3) is 5.91 Å². The zero-order chi connectivity index (χ0) is 17.4. The van der Waals surface area contributed by atoms with Crippen LogP contribution in [0.4, 0.5) is 11.5 Å². The van der Waals surface area contributed by atoms with Gasteiger partial charge in [-0.25, -0.2) is 4.98 Å². The number of pyridine rings is 1. The average Bonchev–Trinajstić information content (AvgIpc) is 2.55. The zero-order valence-electron chi connectivity index (χ0n) is 13.9. The van der Waals surface area contributed by atoms with Crippen LogP contribution in [-0.2, 0) is 4.74 Å². The van der Waals surface area contributed by atoms with Crippen LogP contribution >= 0.6 is 11.6 Å². The Labute approximate surface area is 147 Å². The maximum atomic E-state index is 12.2. The highest BCUT2D eigenvalue weighted by molar-refractivity contribution is 6.30. The molecular formula is C18H22ClN3O2. The minimum atomic E-state index is -0.221. The van der Waals surface area contributed by atoms with Crippen LogP contribution in [0.2, 0.25) is 5.02 Å². The first-order valence-electron chi connectivity index (χ1n) is 7.93. The molecule has 0 unspecified atom stereocenters. The Kier molecular flexibility index (Phi) is 7.03. The molecule has 1 amide bonds. The molecule has 128 valence electrons. The number of nitrogens with one attached hydrogen (secondary N) is 2. The molecule has 6 heteroatoms. The summed E-state index contributed by atoms with van der Waals surface area (Å²) < 4.78 is 5.47. The number of carbonyl (C=O) groups is 1. The number of rotatable bonds is 8. The fourth-order valence-electron chi connectivity index (χ4n) is 2.01. The van der Waals surface area contributed by atoms with Crippen molar-refractivity contribution in [3.05, 3.63) is 53.2 Å². The van der Waals surface area contributed by atoms with Gasteiger partial charge in [-0.2, -0.15) is 0 Å². The molecule has 2 rings (SSSR count). The third-order valence-electron chi connectivity index (χ3n) is 3.19. The summed E-state index contributed by atoms with van der Waals surface area (Å²) in [7, 11) is 0. The van der Waals surface area contributed by atoms with E-state index in [1.807, 2.05) is 13.8 Å². The van der Waals surface area contributed by atoms with E-state index in [9.17, 15) is 4.79 Å². The average molecular weight is 348 g/mol. The lowest BCUT2D eigenvalue weighted by atomic mass is 10.2. The number of amides is 1. The first-order chi connectivity index (χ1) is 11.5. The van der Waals surface area contributed by atoms with Gasteiger partial charge in [-0.15, -0.1) is 0 Å². The van der Waals surface area contributed by atoms with Crippen LogP contribution in [0, 0.1) is 0 Å². The van der Waals surface area contributed by atoms with Crippen molar-refractivity contribution in [3.63, 3.8) is 0 Å². The van der Waals surface area contributed by atoms with Crippen LogP contribution in [0.1, 0.15) is 30.6 Å². The molecule has 24 heavy (non-hydrogen) atoms. The molecule has 0 atom stereocenters. The highest BCUT2D eigenvalue weighted by Gasteiger charge is 2.07. The lowest BCUT2D eigenvalue weighted by molar-refractivity contribution is 0.0787. The topological polar surface area (TPSA) is 63.2 Å². The number of aromatic nitrogens is 1. The van der Waals surface area contributed by atoms with Gasteiger partial charge >= 0.3 is 0 Å². The maximum Gasteiger partial charge on any atom is 0.257 e. The molecule has 0 spiro atoms. The van der Waals surface area contributed by atoms with E-state index in [1.165, 1.54) is 0 Å². The largest absolute Gasteiger partial charge is 0.379 e. The van der Waals surface area contributed by atoms with Gasteiger partial charge in [0, 0.05) is 30.1 Å². The Morgan fingerprint density at radius 2 is 2.12 bits per heavy atom. The number of carbonyl (C=O) groups excluding carboxylic acids is 1. The van der Waals surface area contributed by atoms with Crippen molar-refractivity contribution in [2.45, 2.75) is 26.4 Å². The molecule has 0 aliphatic rings. The number of ether oxygens (including phenoxy) is 1. The molecule has 0 saturated carbocycles. The smallest absolute Gasteiger partial charge is 0.257 e. The van der Waals surface area contributed by atoms with Crippen molar-refractivity contribution >= 4 is 29.0 Å². The third kappa shape index (κ3) is 6.18. The van der Waals surface area contributed by atoms with E-state index >= 15 is 0 Å². The first-order valence-corrected chi connectivity index (χ1v) is 8.31. The second-order valence-electron chi connectivity index (χ2n) is 5.60. The summed E-state index contributed by atoms with van der Waals surface area (Å²) in [6, 6.07) is 10.5. The van der Waals surface area contributed by atoms with Crippen molar-refractivity contribution in [1.82, 2.24) is 4.98 Å². The van der Waals surface area contributed by atoms with Crippen LogP contribution in [0.5, 0.6) is 0 Å². The molecule has 0 bridgehead atoms. The van der Waals surface area contributed by atoms with E-state index in [1.54, 1.807) is 42.6 Å². The molecule has 2 aromatic rings. The molecule has 1 aromatic carbocycles. The minimum Gasteiger partial charge on any atom is -0.379 e. The van der Waals surface area contributed by atoms with Crippen LogP contribution in [0.25, 0.3) is 0 Å². The van der Waals surface area contributed by atoms with Gasteiger partial charge in [0.1, 0.15) is 5.82 Å². The van der Waals surface area contributed by atoms with Gasteiger partial charge in [-0.3, -0.25) is 4.79 Å². The van der Waals surface area contributed by atoms with E-state index < -0.39 is 0 Å². The normalized spacial score (nSPS) is 10.7. The molecule has 2 N–H and O–H groups in total. The molecule has 1 aromatic heterocycles. The van der Waals surface area contributed by atoms with Gasteiger partial charge < -0.3 is 15.4 Å². The number of nitrogens with zero attached hydrogens (tertiary/aromatic N) is 1. The van der Waals surface area contributed by atoms with Gasteiger partial charge in [0.15, 0.2) is 0 Å².